The summed E-state index contributed by atoms with van der Waals surface area (Å²) in [6.45, 7) is 5.89. The molecule has 2 aromatic rings. The van der Waals surface area contributed by atoms with E-state index in [4.69, 9.17) is 4.74 Å². The molecule has 0 aromatic heterocycles. The van der Waals surface area contributed by atoms with E-state index in [0.29, 0.717) is 13.2 Å². The second kappa shape index (κ2) is 14.1. The fourth-order valence-electron chi connectivity index (χ4n) is 2.87. The summed E-state index contributed by atoms with van der Waals surface area (Å²) >= 11 is 3.94. The number of benzene rings is 2. The molecule has 148 valence electrons. The van der Waals surface area contributed by atoms with Crippen molar-refractivity contribution in [2.75, 3.05) is 11.5 Å². The number of hydrogen-bond acceptors (Lipinski definition) is 3. The van der Waals surface area contributed by atoms with Gasteiger partial charge in [-0.05, 0) is 47.6 Å². The highest BCUT2D eigenvalue weighted by molar-refractivity contribution is 7.99. The molecule has 0 aliphatic rings. The van der Waals surface area contributed by atoms with Gasteiger partial charge in [-0.1, -0.05) is 75.9 Å². The lowest BCUT2D eigenvalue weighted by molar-refractivity contribution is 0.104. The molecule has 0 saturated heterocycles. The van der Waals surface area contributed by atoms with Gasteiger partial charge < -0.3 is 4.74 Å². The molecule has 27 heavy (non-hydrogen) atoms. The zero-order valence-corrected chi connectivity index (χ0v) is 18.5. The lowest BCUT2D eigenvalue weighted by atomic mass is 10.2. The average molecular weight is 403 g/mol. The second-order valence-corrected chi connectivity index (χ2v) is 9.09. The molecule has 0 atom stereocenters. The highest BCUT2D eigenvalue weighted by atomic mass is 32.2. The van der Waals surface area contributed by atoms with Crippen molar-refractivity contribution < 1.29 is 4.74 Å². The molecule has 1 nitrogen and oxygen atoms in total. The molecule has 0 aliphatic carbocycles. The van der Waals surface area contributed by atoms with Gasteiger partial charge in [-0.2, -0.15) is 0 Å². The van der Waals surface area contributed by atoms with Crippen molar-refractivity contribution >= 4 is 23.5 Å². The molecule has 0 unspecified atom stereocenters. The van der Waals surface area contributed by atoms with Crippen LogP contribution in [0.3, 0.4) is 0 Å². The molecule has 0 bridgehead atoms. The summed E-state index contributed by atoms with van der Waals surface area (Å²) in [6, 6.07) is 17.4. The largest absolute Gasteiger partial charge is 0.372 e. The van der Waals surface area contributed by atoms with E-state index < -0.39 is 0 Å². The average Bonchev–Trinajstić information content (AvgIpc) is 2.70. The molecular weight excluding hydrogens is 368 g/mol. The van der Waals surface area contributed by atoms with Crippen LogP contribution >= 0.6 is 23.5 Å². The Hall–Kier alpha value is -0.900. The summed E-state index contributed by atoms with van der Waals surface area (Å²) in [4.78, 5) is 2.74. The van der Waals surface area contributed by atoms with Crippen molar-refractivity contribution in [1.29, 1.82) is 0 Å². The fourth-order valence-corrected chi connectivity index (χ4v) is 4.98. The Labute approximate surface area is 174 Å². The Kier molecular flexibility index (Phi) is 11.7. The van der Waals surface area contributed by atoms with Crippen molar-refractivity contribution in [1.82, 2.24) is 0 Å². The summed E-state index contributed by atoms with van der Waals surface area (Å²) in [5.41, 5.74) is 2.62. The van der Waals surface area contributed by atoms with Gasteiger partial charge >= 0.3 is 0 Å². The Balaban J connectivity index is 1.84. The normalized spacial score (nSPS) is 11.0. The van der Waals surface area contributed by atoms with Crippen molar-refractivity contribution in [2.45, 2.75) is 75.4 Å². The number of thioether (sulfide) groups is 2. The monoisotopic (exact) mass is 402 g/mol. The third-order valence-electron chi connectivity index (χ3n) is 4.47. The first kappa shape index (κ1) is 22.4. The van der Waals surface area contributed by atoms with Crippen LogP contribution in [0.1, 0.15) is 63.5 Å². The first-order chi connectivity index (χ1) is 13.3. The minimum Gasteiger partial charge on any atom is -0.372 e. The fraction of sp³-hybridized carbons (Fsp3) is 0.500. The lowest BCUT2D eigenvalue weighted by Gasteiger charge is -2.12. The van der Waals surface area contributed by atoms with E-state index in [1.54, 1.807) is 0 Å². The molecule has 0 aliphatic heterocycles. The standard InChI is InChI=1S/C24H34OS2/c1-3-5-11-17-26-23-15-9-7-13-21(23)19-25-20-22-14-8-10-16-24(22)27-18-12-6-4-2/h7-10,13-16H,3-6,11-12,17-20H2,1-2H3. The van der Waals surface area contributed by atoms with Gasteiger partial charge in [0.1, 0.15) is 0 Å². The summed E-state index contributed by atoms with van der Waals surface area (Å²) in [5, 5.41) is 0. The van der Waals surface area contributed by atoms with Crippen molar-refractivity contribution in [2.24, 2.45) is 0 Å². The summed E-state index contributed by atoms with van der Waals surface area (Å²) in [7, 11) is 0. The number of rotatable bonds is 14. The molecule has 0 spiro atoms. The van der Waals surface area contributed by atoms with E-state index in [0.717, 1.165) is 0 Å². The first-order valence-corrected chi connectivity index (χ1v) is 12.3. The second-order valence-electron chi connectivity index (χ2n) is 6.82. The molecule has 0 heterocycles. The van der Waals surface area contributed by atoms with Crippen LogP contribution in [0.4, 0.5) is 0 Å². The van der Waals surface area contributed by atoms with Crippen LogP contribution in [-0.2, 0) is 18.0 Å². The van der Waals surface area contributed by atoms with E-state index in [9.17, 15) is 0 Å². The zero-order chi connectivity index (χ0) is 19.2. The van der Waals surface area contributed by atoms with Gasteiger partial charge in [-0.3, -0.25) is 0 Å². The van der Waals surface area contributed by atoms with E-state index in [-0.39, 0.29) is 0 Å². The van der Waals surface area contributed by atoms with Gasteiger partial charge in [0.2, 0.25) is 0 Å². The van der Waals surface area contributed by atoms with E-state index in [1.165, 1.54) is 70.9 Å². The van der Waals surface area contributed by atoms with Crippen molar-refractivity contribution in [3.05, 3.63) is 59.7 Å². The van der Waals surface area contributed by atoms with Gasteiger partial charge in [-0.15, -0.1) is 23.5 Å². The van der Waals surface area contributed by atoms with Gasteiger partial charge in [0.05, 0.1) is 13.2 Å². The predicted octanol–water partition coefficient (Wildman–Crippen LogP) is 7.97. The third kappa shape index (κ3) is 8.76. The molecule has 2 rings (SSSR count). The smallest absolute Gasteiger partial charge is 0.0732 e. The van der Waals surface area contributed by atoms with Crippen LogP contribution in [0.15, 0.2) is 58.3 Å². The Morgan fingerprint density at radius 3 is 1.52 bits per heavy atom. The highest BCUT2D eigenvalue weighted by Crippen LogP contribution is 2.27. The van der Waals surface area contributed by atoms with E-state index in [1.807, 2.05) is 23.5 Å². The maximum atomic E-state index is 6.12. The van der Waals surface area contributed by atoms with Crippen LogP contribution in [0.5, 0.6) is 0 Å². The van der Waals surface area contributed by atoms with Crippen molar-refractivity contribution in [3.63, 3.8) is 0 Å². The van der Waals surface area contributed by atoms with Crippen LogP contribution in [-0.4, -0.2) is 11.5 Å². The van der Waals surface area contributed by atoms with Gasteiger partial charge in [0.25, 0.3) is 0 Å². The predicted molar refractivity (Wildman–Crippen MR) is 122 cm³/mol. The van der Waals surface area contributed by atoms with Gasteiger partial charge in [-0.25, -0.2) is 0 Å². The molecule has 0 radical (unpaired) electrons. The summed E-state index contributed by atoms with van der Waals surface area (Å²) in [5.74, 6) is 2.39. The van der Waals surface area contributed by atoms with Gasteiger partial charge in [0.15, 0.2) is 0 Å². The molecule has 0 amide bonds. The van der Waals surface area contributed by atoms with Crippen molar-refractivity contribution in [3.8, 4) is 0 Å². The minimum atomic E-state index is 0.686. The molecule has 2 aromatic carbocycles. The van der Waals surface area contributed by atoms with Crippen LogP contribution in [0.2, 0.25) is 0 Å². The molecule has 3 heteroatoms. The van der Waals surface area contributed by atoms with Gasteiger partial charge in [0, 0.05) is 9.79 Å². The molecular formula is C24H34OS2. The molecule has 0 saturated carbocycles. The molecule has 0 fully saturated rings. The Morgan fingerprint density at radius 2 is 1.07 bits per heavy atom. The topological polar surface area (TPSA) is 9.23 Å². The SMILES string of the molecule is CCCCCSc1ccccc1COCc1ccccc1SCCCCC. The zero-order valence-electron chi connectivity index (χ0n) is 16.9. The van der Waals surface area contributed by atoms with E-state index >= 15 is 0 Å². The lowest BCUT2D eigenvalue weighted by Crippen LogP contribution is -1.98. The number of hydrogen-bond donors (Lipinski definition) is 0. The van der Waals surface area contributed by atoms with E-state index in [2.05, 4.69) is 62.4 Å². The number of ether oxygens (including phenoxy) is 1. The number of unbranched alkanes of at least 4 members (excludes halogenated alkanes) is 4. The first-order valence-electron chi connectivity index (χ1n) is 10.3. The molecule has 0 N–H and O–H groups in total. The Bertz CT molecular complexity index is 586. The summed E-state index contributed by atoms with van der Waals surface area (Å²) < 4.78 is 6.12. The quantitative estimate of drug-likeness (QED) is 0.234. The summed E-state index contributed by atoms with van der Waals surface area (Å²) in [6.07, 6.45) is 7.77. The van der Waals surface area contributed by atoms with Crippen LogP contribution in [0.25, 0.3) is 0 Å². The maximum absolute atomic E-state index is 6.12. The minimum absolute atomic E-state index is 0.686. The third-order valence-corrected chi connectivity index (χ3v) is 6.88. The van der Waals surface area contributed by atoms with Crippen LogP contribution < -0.4 is 0 Å². The maximum Gasteiger partial charge on any atom is 0.0732 e. The Morgan fingerprint density at radius 1 is 0.630 bits per heavy atom. The van der Waals surface area contributed by atoms with Crippen LogP contribution in [0, 0.1) is 0 Å². The highest BCUT2D eigenvalue weighted by Gasteiger charge is 2.06.